The second-order valence-corrected chi connectivity index (χ2v) is 6.80. The van der Waals surface area contributed by atoms with E-state index in [0.29, 0.717) is 6.54 Å². The third-order valence-electron chi connectivity index (χ3n) is 3.97. The number of nitrogens with one attached hydrogen (secondary N) is 2. The van der Waals surface area contributed by atoms with E-state index in [1.165, 1.54) is 6.92 Å². The quantitative estimate of drug-likeness (QED) is 0.621. The second kappa shape index (κ2) is 8.14. The van der Waals surface area contributed by atoms with Gasteiger partial charge < -0.3 is 15.4 Å². The minimum Gasteiger partial charge on any atom is -0.497 e. The first-order valence-corrected chi connectivity index (χ1v) is 9.35. The number of thiophene rings is 1. The highest BCUT2D eigenvalue weighted by Crippen LogP contribution is 2.37. The van der Waals surface area contributed by atoms with E-state index in [9.17, 15) is 4.79 Å². The van der Waals surface area contributed by atoms with Gasteiger partial charge in [0.2, 0.25) is 5.91 Å². The van der Waals surface area contributed by atoms with Gasteiger partial charge >= 0.3 is 0 Å². The molecular formula is C19H22N4O2S. The van der Waals surface area contributed by atoms with Crippen molar-refractivity contribution in [3.63, 3.8) is 0 Å². The molecular weight excluding hydrogens is 348 g/mol. The van der Waals surface area contributed by atoms with Crippen molar-refractivity contribution in [3.05, 3.63) is 35.5 Å². The Kier molecular flexibility index (Phi) is 5.68. The van der Waals surface area contributed by atoms with Gasteiger partial charge in [0.1, 0.15) is 22.2 Å². The first kappa shape index (κ1) is 18.1. The van der Waals surface area contributed by atoms with Crippen LogP contribution in [0.4, 0.5) is 5.82 Å². The number of hydrogen-bond acceptors (Lipinski definition) is 6. The summed E-state index contributed by atoms with van der Waals surface area (Å²) in [6.45, 7) is 4.79. The minimum atomic E-state index is -0.00935. The number of aromatic nitrogens is 2. The average Bonchev–Trinajstić information content (AvgIpc) is 3.05. The third kappa shape index (κ3) is 4.11. The zero-order chi connectivity index (χ0) is 18.5. The maximum absolute atomic E-state index is 10.9. The van der Waals surface area contributed by atoms with Crippen LogP contribution < -0.4 is 15.4 Å². The Morgan fingerprint density at radius 2 is 1.96 bits per heavy atom. The summed E-state index contributed by atoms with van der Waals surface area (Å²) in [4.78, 5) is 21.1. The normalized spacial score (nSPS) is 10.7. The first-order chi connectivity index (χ1) is 12.6. The van der Waals surface area contributed by atoms with Crippen molar-refractivity contribution in [2.75, 3.05) is 25.5 Å². The van der Waals surface area contributed by atoms with Gasteiger partial charge in [-0.3, -0.25) is 4.79 Å². The fraction of sp³-hybridized carbons (Fsp3) is 0.316. The van der Waals surface area contributed by atoms with Gasteiger partial charge in [0.05, 0.1) is 12.5 Å². The van der Waals surface area contributed by atoms with E-state index in [1.54, 1.807) is 18.4 Å². The van der Waals surface area contributed by atoms with Crippen molar-refractivity contribution in [2.24, 2.45) is 0 Å². The number of methoxy groups -OCH3 is 1. The monoisotopic (exact) mass is 370 g/mol. The molecule has 0 aliphatic rings. The zero-order valence-corrected chi connectivity index (χ0v) is 15.9. The molecule has 136 valence electrons. The van der Waals surface area contributed by atoms with Crippen molar-refractivity contribution >= 4 is 33.3 Å². The molecule has 0 atom stereocenters. The highest BCUT2D eigenvalue weighted by Gasteiger charge is 2.14. The fourth-order valence-corrected chi connectivity index (χ4v) is 3.71. The topological polar surface area (TPSA) is 76.1 Å². The Balaban J connectivity index is 1.87. The second-order valence-electron chi connectivity index (χ2n) is 5.94. The summed E-state index contributed by atoms with van der Waals surface area (Å²) in [5.41, 5.74) is 2.21. The van der Waals surface area contributed by atoms with Crippen LogP contribution in [0.25, 0.3) is 21.3 Å². The van der Waals surface area contributed by atoms with Crippen LogP contribution in [-0.4, -0.2) is 36.1 Å². The number of ether oxygens (including phenoxy) is 1. The number of carbonyl (C=O) groups is 1. The Morgan fingerprint density at radius 3 is 2.65 bits per heavy atom. The SMILES string of the molecule is COc1ccc(-c2csc3nc(C)nc(NCCCNC(C)=O)c23)cc1. The van der Waals surface area contributed by atoms with Crippen LogP contribution in [0.5, 0.6) is 5.75 Å². The summed E-state index contributed by atoms with van der Waals surface area (Å²) < 4.78 is 5.24. The van der Waals surface area contributed by atoms with Crippen LogP contribution in [0.1, 0.15) is 19.2 Å². The average molecular weight is 370 g/mol. The van der Waals surface area contributed by atoms with Gasteiger partial charge in [-0.1, -0.05) is 12.1 Å². The summed E-state index contributed by atoms with van der Waals surface area (Å²) in [5.74, 6) is 2.40. The van der Waals surface area contributed by atoms with E-state index in [4.69, 9.17) is 4.74 Å². The largest absolute Gasteiger partial charge is 0.497 e. The van der Waals surface area contributed by atoms with Gasteiger partial charge in [0.15, 0.2) is 0 Å². The van der Waals surface area contributed by atoms with Gasteiger partial charge in [-0.25, -0.2) is 9.97 Å². The van der Waals surface area contributed by atoms with Crippen LogP contribution in [0.15, 0.2) is 29.6 Å². The van der Waals surface area contributed by atoms with Crippen molar-refractivity contribution in [3.8, 4) is 16.9 Å². The number of amides is 1. The van der Waals surface area contributed by atoms with Gasteiger partial charge in [-0.05, 0) is 31.0 Å². The van der Waals surface area contributed by atoms with E-state index in [1.807, 2.05) is 31.2 Å². The molecule has 0 aliphatic carbocycles. The molecule has 1 amide bonds. The maximum Gasteiger partial charge on any atom is 0.216 e. The lowest BCUT2D eigenvalue weighted by molar-refractivity contribution is -0.118. The molecule has 0 bridgehead atoms. The predicted molar refractivity (Wildman–Crippen MR) is 106 cm³/mol. The molecule has 2 aromatic heterocycles. The number of aryl methyl sites for hydroxylation is 1. The molecule has 26 heavy (non-hydrogen) atoms. The van der Waals surface area contributed by atoms with Gasteiger partial charge in [0.25, 0.3) is 0 Å². The standard InChI is InChI=1S/C19H22N4O2S/c1-12-22-18(21-10-4-9-20-13(2)24)17-16(11-26-19(17)23-12)14-5-7-15(25-3)8-6-14/h5-8,11H,4,9-10H2,1-3H3,(H,20,24)(H,21,22,23). The van der Waals surface area contributed by atoms with Crippen LogP contribution in [0, 0.1) is 6.92 Å². The number of carbonyl (C=O) groups excluding carboxylic acids is 1. The molecule has 1 aromatic carbocycles. The van der Waals surface area contributed by atoms with Crippen molar-refractivity contribution < 1.29 is 9.53 Å². The van der Waals surface area contributed by atoms with E-state index in [0.717, 1.165) is 51.7 Å². The van der Waals surface area contributed by atoms with E-state index < -0.39 is 0 Å². The van der Waals surface area contributed by atoms with Crippen LogP contribution in [0.2, 0.25) is 0 Å². The van der Waals surface area contributed by atoms with Crippen LogP contribution in [-0.2, 0) is 4.79 Å². The number of fused-ring (bicyclic) bond motifs is 1. The van der Waals surface area contributed by atoms with Crippen molar-refractivity contribution in [1.82, 2.24) is 15.3 Å². The lowest BCUT2D eigenvalue weighted by Gasteiger charge is -2.10. The summed E-state index contributed by atoms with van der Waals surface area (Å²) >= 11 is 1.62. The molecule has 0 radical (unpaired) electrons. The smallest absolute Gasteiger partial charge is 0.216 e. The van der Waals surface area contributed by atoms with E-state index in [2.05, 4.69) is 26.0 Å². The Morgan fingerprint density at radius 1 is 1.19 bits per heavy atom. The van der Waals surface area contributed by atoms with Crippen LogP contribution in [0.3, 0.4) is 0 Å². The third-order valence-corrected chi connectivity index (χ3v) is 4.84. The summed E-state index contributed by atoms with van der Waals surface area (Å²) in [7, 11) is 1.66. The molecule has 0 saturated heterocycles. The fourth-order valence-electron chi connectivity index (χ4n) is 2.72. The number of benzene rings is 1. The predicted octanol–water partition coefficient (Wildman–Crippen LogP) is 3.61. The van der Waals surface area contributed by atoms with Gasteiger partial charge in [0, 0.05) is 31.0 Å². The molecule has 3 aromatic rings. The Hall–Kier alpha value is -2.67. The molecule has 0 fully saturated rings. The van der Waals surface area contributed by atoms with Crippen LogP contribution >= 0.6 is 11.3 Å². The highest BCUT2D eigenvalue weighted by atomic mass is 32.1. The lowest BCUT2D eigenvalue weighted by Crippen LogP contribution is -2.22. The first-order valence-electron chi connectivity index (χ1n) is 8.47. The molecule has 6 nitrogen and oxygen atoms in total. The number of rotatable bonds is 7. The minimum absolute atomic E-state index is 0.00935. The Bertz CT molecular complexity index is 906. The number of nitrogens with zero attached hydrogens (tertiary/aromatic N) is 2. The summed E-state index contributed by atoms with van der Waals surface area (Å²) in [5, 5.41) is 9.35. The molecule has 0 spiro atoms. The molecule has 3 rings (SSSR count). The molecule has 2 N–H and O–H groups in total. The molecule has 2 heterocycles. The molecule has 0 saturated carbocycles. The van der Waals surface area contributed by atoms with E-state index >= 15 is 0 Å². The number of anilines is 1. The Labute approximate surface area is 156 Å². The number of hydrogen-bond donors (Lipinski definition) is 2. The zero-order valence-electron chi connectivity index (χ0n) is 15.1. The molecule has 0 aliphatic heterocycles. The molecule has 0 unspecified atom stereocenters. The lowest BCUT2D eigenvalue weighted by atomic mass is 10.1. The van der Waals surface area contributed by atoms with Gasteiger partial charge in [-0.15, -0.1) is 11.3 Å². The summed E-state index contributed by atoms with van der Waals surface area (Å²) in [6.07, 6.45) is 0.826. The van der Waals surface area contributed by atoms with Gasteiger partial charge in [-0.2, -0.15) is 0 Å². The van der Waals surface area contributed by atoms with Crippen molar-refractivity contribution in [1.29, 1.82) is 0 Å². The van der Waals surface area contributed by atoms with Crippen molar-refractivity contribution in [2.45, 2.75) is 20.3 Å². The highest BCUT2D eigenvalue weighted by molar-refractivity contribution is 7.17. The maximum atomic E-state index is 10.9. The van der Waals surface area contributed by atoms with E-state index in [-0.39, 0.29) is 5.91 Å². The molecule has 7 heteroatoms. The summed E-state index contributed by atoms with van der Waals surface area (Å²) in [6, 6.07) is 7.99.